The molecule has 42 heavy (non-hydrogen) atoms. The largest absolute Gasteiger partial charge is 0.514 e. The normalized spacial score (nSPS) is 13.8. The highest BCUT2D eigenvalue weighted by atomic mass is 16.8. The Bertz CT molecular complexity index is 1070. The van der Waals surface area contributed by atoms with Crippen molar-refractivity contribution in [1.82, 2.24) is 5.32 Å². The van der Waals surface area contributed by atoms with E-state index < -0.39 is 41.2 Å². The van der Waals surface area contributed by atoms with Gasteiger partial charge in [0.25, 0.3) is 5.72 Å². The van der Waals surface area contributed by atoms with Crippen molar-refractivity contribution in [3.63, 3.8) is 0 Å². The Morgan fingerprint density at radius 2 is 1.38 bits per heavy atom. The third-order valence-corrected chi connectivity index (χ3v) is 6.98. The molecule has 0 radical (unpaired) electrons. The third-order valence-electron chi connectivity index (χ3n) is 6.98. The Labute approximate surface area is 249 Å². The fraction of sp³-hybridized carbons (Fsp3) is 0.677. The van der Waals surface area contributed by atoms with Crippen molar-refractivity contribution in [1.29, 1.82) is 0 Å². The van der Waals surface area contributed by atoms with Crippen LogP contribution in [0.1, 0.15) is 113 Å². The molecule has 2 N–H and O–H groups in total. The zero-order valence-corrected chi connectivity index (χ0v) is 26.6. The summed E-state index contributed by atoms with van der Waals surface area (Å²) < 4.78 is 27.1. The number of ether oxygens (including phenoxy) is 5. The molecule has 0 spiro atoms. The van der Waals surface area contributed by atoms with Crippen LogP contribution in [0.3, 0.4) is 0 Å². The third kappa shape index (κ3) is 12.3. The number of benzene rings is 1. The van der Waals surface area contributed by atoms with Crippen LogP contribution in [0.15, 0.2) is 18.2 Å². The molecule has 1 aromatic carbocycles. The van der Waals surface area contributed by atoms with Crippen LogP contribution >= 0.6 is 0 Å². The maximum absolute atomic E-state index is 12.7. The number of carboxylic acid groups (broad SMARTS) is 1. The maximum Gasteiger partial charge on any atom is 0.514 e. The maximum atomic E-state index is 12.7. The van der Waals surface area contributed by atoms with Gasteiger partial charge in [0.15, 0.2) is 11.5 Å². The van der Waals surface area contributed by atoms with Gasteiger partial charge in [-0.15, -0.1) is 0 Å². The van der Waals surface area contributed by atoms with Crippen molar-refractivity contribution in [2.45, 2.75) is 137 Å². The van der Waals surface area contributed by atoms with Crippen LogP contribution in [0.4, 0.5) is 9.59 Å². The van der Waals surface area contributed by atoms with Gasteiger partial charge in [0.05, 0.1) is 0 Å². The summed E-state index contributed by atoms with van der Waals surface area (Å²) >= 11 is 0. The van der Waals surface area contributed by atoms with Crippen LogP contribution in [0.25, 0.3) is 0 Å². The summed E-state index contributed by atoms with van der Waals surface area (Å²) in [5, 5.41) is 13.2. The number of rotatable bonds is 17. The smallest absolute Gasteiger partial charge is 0.477 e. The highest BCUT2D eigenvalue weighted by molar-refractivity contribution is 5.82. The Morgan fingerprint density at radius 3 is 1.86 bits per heavy atom. The lowest BCUT2D eigenvalue weighted by Crippen LogP contribution is -2.59. The van der Waals surface area contributed by atoms with Crippen molar-refractivity contribution < 1.29 is 48.0 Å². The van der Waals surface area contributed by atoms with E-state index in [1.54, 1.807) is 34.6 Å². The number of aliphatic carboxylic acids is 1. The molecule has 11 nitrogen and oxygen atoms in total. The summed E-state index contributed by atoms with van der Waals surface area (Å²) in [7, 11) is 0. The fourth-order valence-corrected chi connectivity index (χ4v) is 3.49. The molecule has 1 rings (SSSR count). The lowest BCUT2D eigenvalue weighted by molar-refractivity contribution is -0.184. The van der Waals surface area contributed by atoms with Gasteiger partial charge in [0.2, 0.25) is 0 Å². The van der Waals surface area contributed by atoms with Crippen molar-refractivity contribution in [3.8, 4) is 11.5 Å². The van der Waals surface area contributed by atoms with E-state index in [0.29, 0.717) is 31.2 Å². The second-order valence-electron chi connectivity index (χ2n) is 11.6. The monoisotopic (exact) mass is 595 g/mol. The first kappa shape index (κ1) is 36.7. The van der Waals surface area contributed by atoms with E-state index in [-0.39, 0.29) is 30.4 Å². The van der Waals surface area contributed by atoms with E-state index >= 15 is 0 Å². The van der Waals surface area contributed by atoms with Crippen LogP contribution in [0.5, 0.6) is 11.5 Å². The van der Waals surface area contributed by atoms with Gasteiger partial charge in [-0.1, -0.05) is 46.6 Å². The van der Waals surface area contributed by atoms with Crippen molar-refractivity contribution in [2.24, 2.45) is 0 Å². The fourth-order valence-electron chi connectivity index (χ4n) is 3.49. The highest BCUT2D eigenvalue weighted by Gasteiger charge is 2.44. The van der Waals surface area contributed by atoms with Gasteiger partial charge < -0.3 is 28.8 Å². The standard InChI is InChI=1S/C31H49NO10/c1-10-14-15-16-25(33)40-31(26(34)35,32-21(5)11-2)20-22-17-18-23(38-27(36)41-29(6,7)12-3)24(19-22)39-28(37)42-30(8,9)13-4/h17-19,21,32H,10-16,20H2,1-9H3,(H,34,35)/t21?,31-/m0/s1. The molecule has 238 valence electrons. The molecule has 0 aromatic heterocycles. The average Bonchev–Trinajstić information content (AvgIpc) is 2.89. The number of esters is 1. The number of nitrogens with one attached hydrogen (secondary N) is 1. The molecule has 0 saturated heterocycles. The van der Waals surface area contributed by atoms with Gasteiger partial charge in [0.1, 0.15) is 11.2 Å². The summed E-state index contributed by atoms with van der Waals surface area (Å²) in [6.07, 6.45) is 1.57. The molecule has 0 aliphatic rings. The van der Waals surface area contributed by atoms with Gasteiger partial charge in [-0.2, -0.15) is 0 Å². The SMILES string of the molecule is CCCCCC(=O)O[C@](Cc1ccc(OC(=O)OC(C)(C)CC)c(OC(=O)OC(C)(C)CC)c1)(NC(C)CC)C(=O)O. The van der Waals surface area contributed by atoms with Crippen molar-refractivity contribution >= 4 is 24.2 Å². The number of carbonyl (C=O) groups is 4. The Balaban J connectivity index is 3.49. The zero-order valence-electron chi connectivity index (χ0n) is 26.6. The molecule has 2 atom stereocenters. The molecular formula is C31H49NO10. The van der Waals surface area contributed by atoms with E-state index in [0.717, 1.165) is 12.8 Å². The minimum Gasteiger partial charge on any atom is -0.477 e. The first-order valence-electron chi connectivity index (χ1n) is 14.7. The van der Waals surface area contributed by atoms with Gasteiger partial charge in [-0.3, -0.25) is 10.1 Å². The summed E-state index contributed by atoms with van der Waals surface area (Å²) in [6, 6.07) is 3.87. The second kappa shape index (κ2) is 16.3. The molecule has 0 aliphatic carbocycles. The van der Waals surface area contributed by atoms with Crippen molar-refractivity contribution in [3.05, 3.63) is 23.8 Å². The average molecular weight is 596 g/mol. The Morgan fingerprint density at radius 1 is 0.833 bits per heavy atom. The zero-order chi connectivity index (χ0) is 32.1. The van der Waals surface area contributed by atoms with E-state index in [1.165, 1.54) is 18.2 Å². The quantitative estimate of drug-likeness (QED) is 0.0635. The van der Waals surface area contributed by atoms with Crippen LogP contribution in [0, 0.1) is 0 Å². The van der Waals surface area contributed by atoms with Crippen LogP contribution in [-0.4, -0.2) is 52.3 Å². The van der Waals surface area contributed by atoms with Crippen molar-refractivity contribution in [2.75, 3.05) is 0 Å². The molecule has 0 saturated carbocycles. The van der Waals surface area contributed by atoms with Gasteiger partial charge >= 0.3 is 24.2 Å². The molecule has 0 amide bonds. The van der Waals surface area contributed by atoms with E-state index in [2.05, 4.69) is 5.32 Å². The molecule has 1 aromatic rings. The molecule has 11 heteroatoms. The van der Waals surface area contributed by atoms with E-state index in [4.69, 9.17) is 23.7 Å². The summed E-state index contributed by atoms with van der Waals surface area (Å²) in [5.74, 6) is -2.38. The Hall–Kier alpha value is -3.34. The Kier molecular flexibility index (Phi) is 14.3. The number of hydrogen-bond donors (Lipinski definition) is 2. The first-order valence-corrected chi connectivity index (χ1v) is 14.7. The molecule has 0 heterocycles. The predicted molar refractivity (Wildman–Crippen MR) is 157 cm³/mol. The first-order chi connectivity index (χ1) is 19.5. The number of carboxylic acids is 1. The molecule has 0 bridgehead atoms. The second-order valence-corrected chi connectivity index (χ2v) is 11.6. The predicted octanol–water partition coefficient (Wildman–Crippen LogP) is 6.93. The van der Waals surface area contributed by atoms with E-state index in [9.17, 15) is 24.3 Å². The minimum atomic E-state index is -2.10. The molecule has 1 unspecified atom stereocenters. The molecule has 0 fully saturated rings. The van der Waals surface area contributed by atoms with Gasteiger partial charge in [0, 0.05) is 18.9 Å². The van der Waals surface area contributed by atoms with E-state index in [1.807, 2.05) is 27.7 Å². The highest BCUT2D eigenvalue weighted by Crippen LogP contribution is 2.32. The molecular weight excluding hydrogens is 546 g/mol. The van der Waals surface area contributed by atoms with Gasteiger partial charge in [-0.05, 0) is 78.0 Å². The summed E-state index contributed by atoms with van der Waals surface area (Å²) in [4.78, 5) is 50.5. The number of carbonyl (C=O) groups excluding carboxylic acids is 3. The van der Waals surface area contributed by atoms with Gasteiger partial charge in [-0.25, -0.2) is 14.4 Å². The van der Waals surface area contributed by atoms with Crippen LogP contribution in [-0.2, 0) is 30.2 Å². The molecule has 0 aliphatic heterocycles. The summed E-state index contributed by atoms with van der Waals surface area (Å²) in [6.45, 7) is 16.2. The number of hydrogen-bond acceptors (Lipinski definition) is 10. The lowest BCUT2D eigenvalue weighted by atomic mass is 10.00. The minimum absolute atomic E-state index is 0.0709. The lowest BCUT2D eigenvalue weighted by Gasteiger charge is -2.33. The summed E-state index contributed by atoms with van der Waals surface area (Å²) in [5.41, 5.74) is -3.41. The topological polar surface area (TPSA) is 147 Å². The van der Waals surface area contributed by atoms with Crippen LogP contribution in [0.2, 0.25) is 0 Å². The number of unbranched alkanes of at least 4 members (excludes halogenated alkanes) is 2. The van der Waals surface area contributed by atoms with Crippen LogP contribution < -0.4 is 14.8 Å².